The van der Waals surface area contributed by atoms with Crippen molar-refractivity contribution < 1.29 is 9.90 Å². The minimum absolute atomic E-state index is 0.267. The Kier molecular flexibility index (Phi) is 2.38. The number of carbonyl (C=O) groups is 1. The first-order valence-electron chi connectivity index (χ1n) is 5.17. The molecule has 0 radical (unpaired) electrons. The van der Waals surface area contributed by atoms with E-state index in [9.17, 15) is 14.7 Å². The van der Waals surface area contributed by atoms with Crippen molar-refractivity contribution >= 4 is 5.97 Å². The molecule has 1 aliphatic rings. The van der Waals surface area contributed by atoms with Gasteiger partial charge in [-0.2, -0.15) is 0 Å². The molecule has 2 rings (SSSR count). The number of carboxylic acids is 1. The lowest BCUT2D eigenvalue weighted by atomic mass is 9.72. The molecule has 0 bridgehead atoms. The second-order valence-corrected chi connectivity index (χ2v) is 4.12. The Morgan fingerprint density at radius 3 is 2.40 bits per heavy atom. The van der Waals surface area contributed by atoms with Gasteiger partial charge in [0.25, 0.3) is 5.56 Å². The van der Waals surface area contributed by atoms with Crippen LogP contribution >= 0.6 is 0 Å². The molecule has 1 aromatic heterocycles. The zero-order chi connectivity index (χ0) is 10.9. The van der Waals surface area contributed by atoms with Crippen LogP contribution in [0.25, 0.3) is 0 Å². The molecular formula is C10H14N2O3. The maximum atomic E-state index is 11.4. The predicted octanol–water partition coefficient (Wildman–Crippen LogP) is 0.989. The van der Waals surface area contributed by atoms with Gasteiger partial charge in [0, 0.05) is 6.07 Å². The molecule has 82 valence electrons. The van der Waals surface area contributed by atoms with Crippen molar-refractivity contribution in [2.75, 3.05) is 0 Å². The monoisotopic (exact) mass is 210 g/mol. The molecule has 1 saturated carbocycles. The van der Waals surface area contributed by atoms with E-state index in [0.29, 0.717) is 18.5 Å². The van der Waals surface area contributed by atoms with E-state index in [2.05, 4.69) is 10.2 Å². The maximum absolute atomic E-state index is 11.4. The Balaban J connectivity index is 2.41. The van der Waals surface area contributed by atoms with E-state index >= 15 is 0 Å². The summed E-state index contributed by atoms with van der Waals surface area (Å²) in [5.74, 6) is -0.836. The lowest BCUT2D eigenvalue weighted by molar-refractivity contribution is -0.145. The van der Waals surface area contributed by atoms with E-state index < -0.39 is 11.4 Å². The van der Waals surface area contributed by atoms with Crippen LogP contribution < -0.4 is 5.56 Å². The van der Waals surface area contributed by atoms with E-state index in [1.54, 1.807) is 0 Å². The Labute approximate surface area is 86.5 Å². The van der Waals surface area contributed by atoms with Gasteiger partial charge in [-0.1, -0.05) is 19.3 Å². The lowest BCUT2D eigenvalue weighted by Crippen LogP contribution is -2.38. The zero-order valence-electron chi connectivity index (χ0n) is 8.38. The fraction of sp³-hybridized carbons (Fsp3) is 0.600. The number of aromatic amines is 2. The first-order chi connectivity index (χ1) is 7.15. The highest BCUT2D eigenvalue weighted by Crippen LogP contribution is 2.38. The average molecular weight is 210 g/mol. The molecule has 1 aromatic rings. The molecule has 5 heteroatoms. The Hall–Kier alpha value is -1.52. The normalized spacial score (nSPS) is 20.0. The van der Waals surface area contributed by atoms with Gasteiger partial charge >= 0.3 is 5.97 Å². The second-order valence-electron chi connectivity index (χ2n) is 4.12. The first-order valence-corrected chi connectivity index (χ1v) is 5.17. The number of rotatable bonds is 2. The standard InChI is InChI=1S/C10H14N2O3/c13-8-6-7(11-12-8)10(9(14)15)4-2-1-3-5-10/h6H,1-5H2,(H,14,15)(H2,11,12,13). The van der Waals surface area contributed by atoms with Crippen LogP contribution in [0.5, 0.6) is 0 Å². The van der Waals surface area contributed by atoms with Crippen LogP contribution in [0.2, 0.25) is 0 Å². The van der Waals surface area contributed by atoms with Crippen LogP contribution in [0.4, 0.5) is 0 Å². The average Bonchev–Trinajstić information content (AvgIpc) is 2.66. The highest BCUT2D eigenvalue weighted by Gasteiger charge is 2.42. The summed E-state index contributed by atoms with van der Waals surface area (Å²) in [6.45, 7) is 0. The van der Waals surface area contributed by atoms with Crippen molar-refractivity contribution in [2.24, 2.45) is 0 Å². The second kappa shape index (κ2) is 3.56. The van der Waals surface area contributed by atoms with E-state index in [-0.39, 0.29) is 5.56 Å². The number of carboxylic acid groups (broad SMARTS) is 1. The van der Waals surface area contributed by atoms with Gasteiger partial charge in [0.1, 0.15) is 5.41 Å². The van der Waals surface area contributed by atoms with Crippen molar-refractivity contribution in [3.63, 3.8) is 0 Å². The third-order valence-corrected chi connectivity index (χ3v) is 3.23. The zero-order valence-corrected chi connectivity index (χ0v) is 8.38. The van der Waals surface area contributed by atoms with Gasteiger partial charge in [0.2, 0.25) is 0 Å². The molecular weight excluding hydrogens is 196 g/mol. The maximum Gasteiger partial charge on any atom is 0.315 e. The number of aromatic nitrogens is 2. The molecule has 0 saturated heterocycles. The quantitative estimate of drug-likeness (QED) is 0.680. The van der Waals surface area contributed by atoms with Crippen LogP contribution in [-0.2, 0) is 10.2 Å². The molecule has 0 aromatic carbocycles. The Morgan fingerprint density at radius 2 is 1.93 bits per heavy atom. The summed E-state index contributed by atoms with van der Waals surface area (Å²) in [5.41, 5.74) is -0.631. The number of H-pyrrole nitrogens is 2. The highest BCUT2D eigenvalue weighted by atomic mass is 16.4. The fourth-order valence-electron chi connectivity index (χ4n) is 2.34. The molecule has 0 unspecified atom stereocenters. The number of nitrogens with one attached hydrogen (secondary N) is 2. The van der Waals surface area contributed by atoms with Gasteiger partial charge in [0.05, 0.1) is 5.69 Å². The molecule has 1 heterocycles. The summed E-state index contributed by atoms with van der Waals surface area (Å²) in [6.07, 6.45) is 4.09. The fourth-order valence-corrected chi connectivity index (χ4v) is 2.34. The number of aliphatic carboxylic acids is 1. The molecule has 3 N–H and O–H groups in total. The van der Waals surface area contributed by atoms with Crippen molar-refractivity contribution in [2.45, 2.75) is 37.5 Å². The molecule has 0 amide bonds. The van der Waals surface area contributed by atoms with Crippen LogP contribution in [-0.4, -0.2) is 21.3 Å². The summed E-state index contributed by atoms with van der Waals surface area (Å²) in [6, 6.07) is 1.36. The summed E-state index contributed by atoms with van der Waals surface area (Å²) in [4.78, 5) is 22.4. The Morgan fingerprint density at radius 1 is 1.27 bits per heavy atom. The van der Waals surface area contributed by atoms with Crippen molar-refractivity contribution in [1.29, 1.82) is 0 Å². The summed E-state index contributed by atoms with van der Waals surface area (Å²) in [5, 5.41) is 14.4. The third-order valence-electron chi connectivity index (χ3n) is 3.23. The smallest absolute Gasteiger partial charge is 0.315 e. The number of hydrogen-bond acceptors (Lipinski definition) is 2. The van der Waals surface area contributed by atoms with Crippen molar-refractivity contribution in [1.82, 2.24) is 10.2 Å². The van der Waals surface area contributed by atoms with Crippen LogP contribution in [0.1, 0.15) is 37.8 Å². The topological polar surface area (TPSA) is 85.9 Å². The molecule has 0 aliphatic heterocycles. The summed E-state index contributed by atoms with van der Waals surface area (Å²) < 4.78 is 0. The molecule has 15 heavy (non-hydrogen) atoms. The highest BCUT2D eigenvalue weighted by molar-refractivity contribution is 5.80. The van der Waals surface area contributed by atoms with Crippen LogP contribution in [0, 0.1) is 0 Å². The van der Waals surface area contributed by atoms with Gasteiger partial charge in [-0.25, -0.2) is 0 Å². The Bertz CT molecular complexity index is 412. The van der Waals surface area contributed by atoms with E-state index in [1.165, 1.54) is 6.07 Å². The van der Waals surface area contributed by atoms with Gasteiger partial charge in [-0.15, -0.1) is 0 Å². The van der Waals surface area contributed by atoms with Crippen LogP contribution in [0.15, 0.2) is 10.9 Å². The van der Waals surface area contributed by atoms with Gasteiger partial charge in [-0.3, -0.25) is 14.7 Å². The van der Waals surface area contributed by atoms with Crippen molar-refractivity contribution in [3.05, 3.63) is 22.1 Å². The van der Waals surface area contributed by atoms with Gasteiger partial charge < -0.3 is 10.2 Å². The molecule has 0 atom stereocenters. The largest absolute Gasteiger partial charge is 0.481 e. The summed E-state index contributed by atoms with van der Waals surface area (Å²) >= 11 is 0. The molecule has 1 fully saturated rings. The predicted molar refractivity (Wildman–Crippen MR) is 53.8 cm³/mol. The van der Waals surface area contributed by atoms with Gasteiger partial charge in [-0.05, 0) is 12.8 Å². The minimum Gasteiger partial charge on any atom is -0.481 e. The third kappa shape index (κ3) is 1.58. The molecule has 1 aliphatic carbocycles. The lowest BCUT2D eigenvalue weighted by Gasteiger charge is -2.31. The van der Waals surface area contributed by atoms with E-state index in [1.807, 2.05) is 0 Å². The van der Waals surface area contributed by atoms with Gasteiger partial charge in [0.15, 0.2) is 0 Å². The molecule has 0 spiro atoms. The summed E-state index contributed by atoms with van der Waals surface area (Å²) in [7, 11) is 0. The minimum atomic E-state index is -0.878. The first kappa shape index (κ1) is 10.0. The number of hydrogen-bond donors (Lipinski definition) is 3. The van der Waals surface area contributed by atoms with Crippen molar-refractivity contribution in [3.8, 4) is 0 Å². The van der Waals surface area contributed by atoms with E-state index in [4.69, 9.17) is 0 Å². The van der Waals surface area contributed by atoms with Crippen LogP contribution in [0.3, 0.4) is 0 Å². The molecule has 5 nitrogen and oxygen atoms in total. The van der Waals surface area contributed by atoms with E-state index in [0.717, 1.165) is 19.3 Å². The SMILES string of the molecule is O=C(O)C1(c2cc(=O)[nH][nH]2)CCCCC1.